The van der Waals surface area contributed by atoms with E-state index >= 15 is 0 Å². The number of carbonyl (C=O) groups is 2. The van der Waals surface area contributed by atoms with Gasteiger partial charge in [-0.15, -0.1) is 0 Å². The fraction of sp³-hybridized carbons (Fsp3) is 0.259. The number of methoxy groups -OCH3 is 2. The molecule has 0 unspecified atom stereocenters. The maximum Gasteiger partial charge on any atom is 0.270 e. The fourth-order valence-electron chi connectivity index (χ4n) is 4.42. The quantitative estimate of drug-likeness (QED) is 0.336. The molecule has 0 fully saturated rings. The Morgan fingerprint density at radius 1 is 1.00 bits per heavy atom. The Labute approximate surface area is 214 Å². The molecule has 0 saturated carbocycles. The number of ether oxygens (including phenoxy) is 2. The molecule has 37 heavy (non-hydrogen) atoms. The van der Waals surface area contributed by atoms with Crippen molar-refractivity contribution in [2.45, 2.75) is 19.4 Å². The summed E-state index contributed by atoms with van der Waals surface area (Å²) in [6, 6.07) is 14.9. The number of carbonyl (C=O) groups excluding carboxylic acids is 2. The van der Waals surface area contributed by atoms with E-state index in [0.29, 0.717) is 5.69 Å². The first-order chi connectivity index (χ1) is 17.8. The standard InChI is InChI=1S/C27H28N4O6/c1-36-24-13-18-10-12-30(16-19(18)14-25(24)37-2)11-9-17-3-5-20(6-4-17)29-27(33)22-8-7-21(31(34)35)15-23(22)26(28)32/h3-8,13-15H,9-12,16H2,1-2H3,(H2,28,32)(H,29,33). The van der Waals surface area contributed by atoms with Crippen LogP contribution in [0.5, 0.6) is 11.5 Å². The molecule has 0 atom stereocenters. The molecule has 0 spiro atoms. The van der Waals surface area contributed by atoms with Gasteiger partial charge in [0.2, 0.25) is 5.91 Å². The van der Waals surface area contributed by atoms with Crippen molar-refractivity contribution in [3.05, 3.63) is 92.5 Å². The number of nitrogens with zero attached hydrogens (tertiary/aromatic N) is 2. The van der Waals surface area contributed by atoms with Gasteiger partial charge < -0.3 is 20.5 Å². The molecule has 10 heteroatoms. The van der Waals surface area contributed by atoms with E-state index in [4.69, 9.17) is 15.2 Å². The molecule has 0 aromatic heterocycles. The number of nitrogens with one attached hydrogen (secondary N) is 1. The van der Waals surface area contributed by atoms with Gasteiger partial charge in [0.25, 0.3) is 11.6 Å². The highest BCUT2D eigenvalue weighted by atomic mass is 16.6. The summed E-state index contributed by atoms with van der Waals surface area (Å²) in [5.41, 5.74) is 8.95. The predicted molar refractivity (Wildman–Crippen MR) is 138 cm³/mol. The lowest BCUT2D eigenvalue weighted by Crippen LogP contribution is -2.32. The minimum atomic E-state index is -0.915. The maximum absolute atomic E-state index is 12.7. The summed E-state index contributed by atoms with van der Waals surface area (Å²) < 4.78 is 10.9. The highest BCUT2D eigenvalue weighted by molar-refractivity contribution is 6.12. The summed E-state index contributed by atoms with van der Waals surface area (Å²) in [5.74, 6) is -0.00340. The molecule has 0 saturated heterocycles. The third kappa shape index (κ3) is 5.87. The number of benzene rings is 3. The lowest BCUT2D eigenvalue weighted by molar-refractivity contribution is -0.384. The molecular weight excluding hydrogens is 476 g/mol. The van der Waals surface area contributed by atoms with Gasteiger partial charge in [0.1, 0.15) is 0 Å². The number of anilines is 1. The van der Waals surface area contributed by atoms with Crippen molar-refractivity contribution >= 4 is 23.2 Å². The molecule has 0 aliphatic carbocycles. The van der Waals surface area contributed by atoms with Gasteiger partial charge in [0.15, 0.2) is 11.5 Å². The van der Waals surface area contributed by atoms with Crippen LogP contribution in [-0.4, -0.2) is 48.9 Å². The summed E-state index contributed by atoms with van der Waals surface area (Å²) in [6.45, 7) is 2.67. The van der Waals surface area contributed by atoms with Gasteiger partial charge in [0, 0.05) is 37.5 Å². The van der Waals surface area contributed by atoms with Crippen molar-refractivity contribution in [1.82, 2.24) is 4.90 Å². The number of amides is 2. The van der Waals surface area contributed by atoms with Crippen LogP contribution in [-0.2, 0) is 19.4 Å². The molecule has 3 aromatic carbocycles. The van der Waals surface area contributed by atoms with E-state index in [-0.39, 0.29) is 16.8 Å². The van der Waals surface area contributed by atoms with Crippen molar-refractivity contribution in [1.29, 1.82) is 0 Å². The van der Waals surface area contributed by atoms with E-state index in [1.807, 2.05) is 18.2 Å². The summed E-state index contributed by atoms with van der Waals surface area (Å²) >= 11 is 0. The van der Waals surface area contributed by atoms with E-state index < -0.39 is 16.7 Å². The molecular formula is C27H28N4O6. The van der Waals surface area contributed by atoms with Gasteiger partial charge in [-0.25, -0.2) is 0 Å². The van der Waals surface area contributed by atoms with E-state index in [9.17, 15) is 19.7 Å². The molecule has 1 heterocycles. The third-order valence-electron chi connectivity index (χ3n) is 6.45. The van der Waals surface area contributed by atoms with Crippen LogP contribution >= 0.6 is 0 Å². The Hall–Kier alpha value is -4.44. The average molecular weight is 505 g/mol. The molecule has 10 nitrogen and oxygen atoms in total. The van der Waals surface area contributed by atoms with Crippen molar-refractivity contribution in [3.8, 4) is 11.5 Å². The second-order valence-electron chi connectivity index (χ2n) is 8.75. The number of non-ortho nitro benzene ring substituents is 1. The van der Waals surface area contributed by atoms with Gasteiger partial charge in [-0.2, -0.15) is 0 Å². The van der Waals surface area contributed by atoms with Gasteiger partial charge in [0.05, 0.1) is 30.3 Å². The average Bonchev–Trinajstić information content (AvgIpc) is 2.91. The SMILES string of the molecule is COc1cc2c(cc1OC)CN(CCc1ccc(NC(=O)c3ccc([N+](=O)[O-])cc3C(N)=O)cc1)CC2. The zero-order valence-corrected chi connectivity index (χ0v) is 20.7. The van der Waals surface area contributed by atoms with E-state index in [1.165, 1.54) is 17.2 Å². The second kappa shape index (κ2) is 11.1. The van der Waals surface area contributed by atoms with Crippen LogP contribution in [0.25, 0.3) is 0 Å². The Bertz CT molecular complexity index is 1340. The topological polar surface area (TPSA) is 137 Å². The lowest BCUT2D eigenvalue weighted by atomic mass is 9.98. The minimum Gasteiger partial charge on any atom is -0.493 e. The van der Waals surface area contributed by atoms with Crippen molar-refractivity contribution in [2.24, 2.45) is 5.73 Å². The van der Waals surface area contributed by atoms with Crippen LogP contribution in [0, 0.1) is 10.1 Å². The maximum atomic E-state index is 12.7. The highest BCUT2D eigenvalue weighted by Crippen LogP contribution is 2.33. The first-order valence-corrected chi connectivity index (χ1v) is 11.7. The number of primary amides is 1. The Kier molecular flexibility index (Phi) is 7.69. The number of hydrogen-bond acceptors (Lipinski definition) is 7. The Morgan fingerprint density at radius 3 is 2.30 bits per heavy atom. The monoisotopic (exact) mass is 504 g/mol. The molecule has 1 aliphatic heterocycles. The van der Waals surface area contributed by atoms with Crippen molar-refractivity contribution < 1.29 is 24.0 Å². The van der Waals surface area contributed by atoms with Gasteiger partial charge in [-0.05, 0) is 59.9 Å². The van der Waals surface area contributed by atoms with E-state index in [2.05, 4.69) is 16.3 Å². The second-order valence-corrected chi connectivity index (χ2v) is 8.75. The van der Waals surface area contributed by atoms with Crippen LogP contribution in [0.3, 0.4) is 0 Å². The zero-order chi connectivity index (χ0) is 26.5. The zero-order valence-electron chi connectivity index (χ0n) is 20.7. The molecule has 192 valence electrons. The van der Waals surface area contributed by atoms with Gasteiger partial charge >= 0.3 is 0 Å². The molecule has 3 N–H and O–H groups in total. The third-order valence-corrected chi connectivity index (χ3v) is 6.45. The Balaban J connectivity index is 1.36. The smallest absolute Gasteiger partial charge is 0.270 e. The number of rotatable bonds is 9. The predicted octanol–water partition coefficient (Wildman–Crippen LogP) is 3.56. The Morgan fingerprint density at radius 2 is 1.68 bits per heavy atom. The molecule has 1 aliphatic rings. The number of nitro groups is 1. The fourth-order valence-corrected chi connectivity index (χ4v) is 4.42. The molecule has 0 bridgehead atoms. The van der Waals surface area contributed by atoms with Crippen molar-refractivity contribution in [2.75, 3.05) is 32.6 Å². The molecule has 4 rings (SSSR count). The van der Waals surface area contributed by atoms with Crippen LogP contribution in [0.4, 0.5) is 11.4 Å². The minimum absolute atomic E-state index is 0.0261. The molecule has 2 amide bonds. The summed E-state index contributed by atoms with van der Waals surface area (Å²) in [6.07, 6.45) is 1.78. The largest absolute Gasteiger partial charge is 0.493 e. The first-order valence-electron chi connectivity index (χ1n) is 11.7. The van der Waals surface area contributed by atoms with Crippen LogP contribution in [0.15, 0.2) is 54.6 Å². The normalized spacial score (nSPS) is 12.9. The number of nitrogens with two attached hydrogens (primary N) is 1. The lowest BCUT2D eigenvalue weighted by Gasteiger charge is -2.29. The van der Waals surface area contributed by atoms with Gasteiger partial charge in [-0.1, -0.05) is 12.1 Å². The highest BCUT2D eigenvalue weighted by Gasteiger charge is 2.21. The van der Waals surface area contributed by atoms with Crippen LogP contribution < -0.4 is 20.5 Å². The molecule has 0 radical (unpaired) electrons. The summed E-state index contributed by atoms with van der Waals surface area (Å²) in [5, 5.41) is 13.7. The van der Waals surface area contributed by atoms with Crippen LogP contribution in [0.1, 0.15) is 37.4 Å². The van der Waals surface area contributed by atoms with Gasteiger partial charge in [-0.3, -0.25) is 24.6 Å². The van der Waals surface area contributed by atoms with Crippen LogP contribution in [0.2, 0.25) is 0 Å². The number of fused-ring (bicyclic) bond motifs is 1. The summed E-state index contributed by atoms with van der Waals surface area (Å²) in [7, 11) is 3.28. The first kappa shape index (κ1) is 25.6. The number of hydrogen-bond donors (Lipinski definition) is 2. The van der Waals surface area contributed by atoms with E-state index in [0.717, 1.165) is 61.7 Å². The van der Waals surface area contributed by atoms with Crippen molar-refractivity contribution in [3.63, 3.8) is 0 Å². The molecule has 3 aromatic rings. The number of nitro benzene ring substituents is 1. The summed E-state index contributed by atoms with van der Waals surface area (Å²) in [4.78, 5) is 37.2. The van der Waals surface area contributed by atoms with E-state index in [1.54, 1.807) is 26.4 Å².